The van der Waals surface area contributed by atoms with Crippen LogP contribution in [0.1, 0.15) is 37.0 Å². The van der Waals surface area contributed by atoms with Crippen molar-refractivity contribution in [2.45, 2.75) is 37.1 Å². The van der Waals surface area contributed by atoms with Gasteiger partial charge in [-0.15, -0.1) is 12.4 Å². The highest BCUT2D eigenvalue weighted by Crippen LogP contribution is 2.12. The molecule has 1 aromatic rings. The number of carbonyl (C=O) groups is 1. The number of amides is 1. The lowest BCUT2D eigenvalue weighted by atomic mass is 9.94. The second-order valence-corrected chi connectivity index (χ2v) is 7.06. The van der Waals surface area contributed by atoms with Gasteiger partial charge in [0.2, 0.25) is 0 Å². The summed E-state index contributed by atoms with van der Waals surface area (Å²) in [5.74, 6) is -0.248. The number of hydrogen-bond donors (Lipinski definition) is 2. The fourth-order valence-corrected chi connectivity index (χ4v) is 2.34. The van der Waals surface area contributed by atoms with Crippen molar-refractivity contribution in [3.63, 3.8) is 0 Å². The molecule has 0 saturated carbocycles. The highest BCUT2D eigenvalue weighted by Gasteiger charge is 2.21. The molecule has 21 heavy (non-hydrogen) atoms. The molecule has 5 nitrogen and oxygen atoms in total. The quantitative estimate of drug-likeness (QED) is 0.829. The fourth-order valence-electron chi connectivity index (χ4n) is 1.71. The minimum atomic E-state index is -3.24. The first-order valence-electron chi connectivity index (χ1n) is 6.59. The molecule has 1 rings (SSSR count). The maximum Gasteiger partial charge on any atom is 0.251 e. The van der Waals surface area contributed by atoms with Crippen molar-refractivity contribution in [1.29, 1.82) is 0 Å². The van der Waals surface area contributed by atoms with Crippen molar-refractivity contribution in [1.82, 2.24) is 5.32 Å². The van der Waals surface area contributed by atoms with Gasteiger partial charge in [0.1, 0.15) is 0 Å². The van der Waals surface area contributed by atoms with Crippen LogP contribution in [0.2, 0.25) is 0 Å². The van der Waals surface area contributed by atoms with Gasteiger partial charge in [0.05, 0.1) is 4.90 Å². The first kappa shape index (κ1) is 19.9. The molecule has 0 bridgehead atoms. The monoisotopic (exact) mass is 334 g/mol. The maximum atomic E-state index is 12.0. The first-order valence-corrected chi connectivity index (χ1v) is 8.48. The van der Waals surface area contributed by atoms with Crippen LogP contribution in [0.15, 0.2) is 29.2 Å². The van der Waals surface area contributed by atoms with Gasteiger partial charge in [-0.2, -0.15) is 0 Å². The molecule has 0 spiro atoms. The van der Waals surface area contributed by atoms with Gasteiger partial charge in [0, 0.05) is 23.9 Å². The Kier molecular flexibility index (Phi) is 7.36. The number of benzene rings is 1. The number of rotatable bonds is 6. The average Bonchev–Trinajstić information content (AvgIpc) is 2.43. The summed E-state index contributed by atoms with van der Waals surface area (Å²) in [7, 11) is -3.24. The van der Waals surface area contributed by atoms with Crippen molar-refractivity contribution >= 4 is 28.2 Å². The molecular formula is C14H23ClN2O3S. The summed E-state index contributed by atoms with van der Waals surface area (Å²) in [4.78, 5) is 12.2. The van der Waals surface area contributed by atoms with E-state index in [0.29, 0.717) is 12.1 Å². The summed E-state index contributed by atoms with van der Waals surface area (Å²) in [6, 6.07) is 5.86. The molecule has 0 aliphatic rings. The lowest BCUT2D eigenvalue weighted by molar-refractivity contribution is 0.0942. The SMILES string of the molecule is CCC(N)(CC)CNC(=O)c1ccc(S(C)(=O)=O)cc1.Cl. The maximum absolute atomic E-state index is 12.0. The van der Waals surface area contributed by atoms with E-state index in [1.807, 2.05) is 13.8 Å². The van der Waals surface area contributed by atoms with Crippen molar-refractivity contribution in [2.75, 3.05) is 12.8 Å². The van der Waals surface area contributed by atoms with Crippen LogP contribution in [0.5, 0.6) is 0 Å². The van der Waals surface area contributed by atoms with Crippen molar-refractivity contribution in [2.24, 2.45) is 5.73 Å². The van der Waals surface area contributed by atoms with E-state index < -0.39 is 15.4 Å². The molecule has 0 atom stereocenters. The minimum absolute atomic E-state index is 0. The lowest BCUT2D eigenvalue weighted by Gasteiger charge is -2.26. The second-order valence-electron chi connectivity index (χ2n) is 5.05. The standard InChI is InChI=1S/C14H22N2O3S.ClH/c1-4-14(15,5-2)10-16-13(17)11-6-8-12(9-7-11)20(3,18)19;/h6-9H,4-5,10,15H2,1-3H3,(H,16,17);1H. The molecule has 3 N–H and O–H groups in total. The number of carbonyl (C=O) groups excluding carboxylic acids is 1. The molecule has 0 fully saturated rings. The van der Waals surface area contributed by atoms with Crippen molar-refractivity contribution < 1.29 is 13.2 Å². The molecule has 1 amide bonds. The topological polar surface area (TPSA) is 89.3 Å². The molecule has 0 aromatic heterocycles. The summed E-state index contributed by atoms with van der Waals surface area (Å²) in [5, 5.41) is 2.79. The predicted molar refractivity (Wildman–Crippen MR) is 86.6 cm³/mol. The molecule has 0 saturated heterocycles. The van der Waals surface area contributed by atoms with Gasteiger partial charge in [0.15, 0.2) is 9.84 Å². The number of nitrogens with two attached hydrogens (primary N) is 1. The van der Waals surface area contributed by atoms with Gasteiger partial charge in [-0.3, -0.25) is 4.79 Å². The van der Waals surface area contributed by atoms with Crippen LogP contribution in [0.4, 0.5) is 0 Å². The normalized spacial score (nSPS) is 11.6. The molecule has 0 aliphatic heterocycles. The molecule has 0 heterocycles. The highest BCUT2D eigenvalue weighted by atomic mass is 35.5. The average molecular weight is 335 g/mol. The smallest absolute Gasteiger partial charge is 0.251 e. The molecule has 0 radical (unpaired) electrons. The van der Waals surface area contributed by atoms with E-state index in [0.717, 1.165) is 19.1 Å². The molecule has 0 unspecified atom stereocenters. The Hall–Kier alpha value is -1.11. The van der Waals surface area contributed by atoms with Crippen LogP contribution in [0.25, 0.3) is 0 Å². The second kappa shape index (κ2) is 7.77. The Morgan fingerprint density at radius 3 is 2.05 bits per heavy atom. The van der Waals surface area contributed by atoms with Gasteiger partial charge in [-0.25, -0.2) is 8.42 Å². The summed E-state index contributed by atoms with van der Waals surface area (Å²) < 4.78 is 22.7. The Balaban J connectivity index is 0.00000400. The summed E-state index contributed by atoms with van der Waals surface area (Å²) in [6.07, 6.45) is 2.68. The van der Waals surface area contributed by atoms with Gasteiger partial charge < -0.3 is 11.1 Å². The largest absolute Gasteiger partial charge is 0.350 e. The lowest BCUT2D eigenvalue weighted by Crippen LogP contribution is -2.49. The van der Waals surface area contributed by atoms with E-state index in [4.69, 9.17) is 5.73 Å². The molecule has 120 valence electrons. The fraction of sp³-hybridized carbons (Fsp3) is 0.500. The van der Waals surface area contributed by atoms with Gasteiger partial charge in [-0.05, 0) is 37.1 Å². The van der Waals surface area contributed by atoms with Crippen molar-refractivity contribution in [3.05, 3.63) is 29.8 Å². The Morgan fingerprint density at radius 2 is 1.67 bits per heavy atom. The van der Waals surface area contributed by atoms with Crippen LogP contribution >= 0.6 is 12.4 Å². The third-order valence-corrected chi connectivity index (χ3v) is 4.68. The zero-order chi connectivity index (χ0) is 15.4. The Labute approximate surface area is 132 Å². The minimum Gasteiger partial charge on any atom is -0.350 e. The Bertz CT molecular complexity index is 566. The van der Waals surface area contributed by atoms with Crippen LogP contribution < -0.4 is 11.1 Å². The summed E-state index contributed by atoms with van der Waals surface area (Å²) in [6.45, 7) is 4.36. The number of halogens is 1. The van der Waals surface area contributed by atoms with Gasteiger partial charge >= 0.3 is 0 Å². The first-order chi connectivity index (χ1) is 9.22. The zero-order valence-corrected chi connectivity index (χ0v) is 14.2. The third-order valence-electron chi connectivity index (χ3n) is 3.55. The molecular weight excluding hydrogens is 312 g/mol. The van der Waals surface area contributed by atoms with Gasteiger partial charge in [-0.1, -0.05) is 13.8 Å². The number of nitrogens with one attached hydrogen (secondary N) is 1. The highest BCUT2D eigenvalue weighted by molar-refractivity contribution is 7.90. The predicted octanol–water partition coefficient (Wildman–Crippen LogP) is 1.76. The van der Waals surface area contributed by atoms with Crippen LogP contribution in [-0.4, -0.2) is 32.7 Å². The summed E-state index contributed by atoms with van der Waals surface area (Å²) >= 11 is 0. The molecule has 0 aliphatic carbocycles. The van der Waals surface area contributed by atoms with Crippen LogP contribution in [0, 0.1) is 0 Å². The van der Waals surface area contributed by atoms with E-state index in [1.54, 1.807) is 0 Å². The number of hydrogen-bond acceptors (Lipinski definition) is 4. The zero-order valence-electron chi connectivity index (χ0n) is 12.5. The van der Waals surface area contributed by atoms with E-state index in [1.165, 1.54) is 24.3 Å². The summed E-state index contributed by atoms with van der Waals surface area (Å²) in [5.41, 5.74) is 6.13. The molecule has 7 heteroatoms. The third kappa shape index (κ3) is 5.65. The van der Waals surface area contributed by atoms with Crippen LogP contribution in [0.3, 0.4) is 0 Å². The number of sulfone groups is 1. The van der Waals surface area contributed by atoms with E-state index >= 15 is 0 Å². The van der Waals surface area contributed by atoms with Crippen LogP contribution in [-0.2, 0) is 9.84 Å². The van der Waals surface area contributed by atoms with E-state index in [2.05, 4.69) is 5.32 Å². The Morgan fingerprint density at radius 1 is 1.19 bits per heavy atom. The van der Waals surface area contributed by atoms with Gasteiger partial charge in [0.25, 0.3) is 5.91 Å². The van der Waals surface area contributed by atoms with E-state index in [9.17, 15) is 13.2 Å². The van der Waals surface area contributed by atoms with Crippen molar-refractivity contribution in [3.8, 4) is 0 Å². The van der Waals surface area contributed by atoms with E-state index in [-0.39, 0.29) is 23.2 Å². The molecule has 1 aromatic carbocycles.